The van der Waals surface area contributed by atoms with Gasteiger partial charge in [-0.05, 0) is 105 Å². The highest BCUT2D eigenvalue weighted by Crippen LogP contribution is 2.42. The molecule has 0 aliphatic carbocycles. The fourth-order valence-corrected chi connectivity index (χ4v) is 8.27. The first-order valence-electron chi connectivity index (χ1n) is 18.7. The zero-order valence-corrected chi connectivity index (χ0v) is 29.8. The van der Waals surface area contributed by atoms with Crippen LogP contribution >= 0.6 is 0 Å². The predicted octanol–water partition coefficient (Wildman–Crippen LogP) is 15.1. The Morgan fingerprint density at radius 3 is 1.64 bits per heavy atom. The lowest BCUT2D eigenvalue weighted by atomic mass is 9.95. The van der Waals surface area contributed by atoms with Crippen LogP contribution in [0.2, 0.25) is 0 Å². The molecule has 0 atom stereocenters. The van der Waals surface area contributed by atoms with Crippen LogP contribution in [-0.4, -0.2) is 0 Å². The molecule has 11 aromatic rings. The van der Waals surface area contributed by atoms with Crippen molar-refractivity contribution in [3.05, 3.63) is 200 Å². The molecule has 0 aliphatic heterocycles. The van der Waals surface area contributed by atoms with E-state index in [-0.39, 0.29) is 0 Å². The summed E-state index contributed by atoms with van der Waals surface area (Å²) in [7, 11) is 0. The molecule has 0 unspecified atom stereocenters. The van der Waals surface area contributed by atoms with Crippen LogP contribution in [0.4, 0.5) is 17.1 Å². The summed E-state index contributed by atoms with van der Waals surface area (Å²) in [6, 6.07) is 70.8. The summed E-state index contributed by atoms with van der Waals surface area (Å²) in [6.07, 6.45) is 0. The normalized spacial score (nSPS) is 11.6. The second-order valence-corrected chi connectivity index (χ2v) is 14.1. The molecule has 0 spiro atoms. The summed E-state index contributed by atoms with van der Waals surface area (Å²) in [5, 5.41) is 6.85. The number of benzene rings is 9. The number of hydrogen-bond donors (Lipinski definition) is 0. The Hall–Kier alpha value is -7.36. The van der Waals surface area contributed by atoms with E-state index in [4.69, 9.17) is 8.83 Å². The van der Waals surface area contributed by atoms with E-state index < -0.39 is 0 Å². The van der Waals surface area contributed by atoms with Crippen LogP contribution in [0.25, 0.3) is 88.0 Å². The number of hydrogen-bond acceptors (Lipinski definition) is 3. The Morgan fingerprint density at radius 2 is 0.873 bits per heavy atom. The van der Waals surface area contributed by atoms with Crippen LogP contribution in [0.5, 0.6) is 0 Å². The van der Waals surface area contributed by atoms with Crippen molar-refractivity contribution in [3.8, 4) is 33.4 Å². The van der Waals surface area contributed by atoms with Gasteiger partial charge in [-0.1, -0.05) is 133 Å². The smallest absolute Gasteiger partial charge is 0.143 e. The molecular weight excluding hydrogens is 671 g/mol. The molecule has 0 fully saturated rings. The fraction of sp³-hybridized carbons (Fsp3) is 0. The summed E-state index contributed by atoms with van der Waals surface area (Å²) in [5.74, 6) is 0. The summed E-state index contributed by atoms with van der Waals surface area (Å²) < 4.78 is 12.9. The molecule has 0 N–H and O–H groups in total. The topological polar surface area (TPSA) is 29.5 Å². The fourth-order valence-electron chi connectivity index (χ4n) is 8.27. The number of fused-ring (bicyclic) bond motifs is 8. The molecule has 0 radical (unpaired) electrons. The zero-order valence-electron chi connectivity index (χ0n) is 29.8. The van der Waals surface area contributed by atoms with Crippen molar-refractivity contribution in [2.75, 3.05) is 4.90 Å². The van der Waals surface area contributed by atoms with Gasteiger partial charge in [-0.2, -0.15) is 0 Å². The van der Waals surface area contributed by atoms with Crippen molar-refractivity contribution in [1.29, 1.82) is 0 Å². The van der Waals surface area contributed by atoms with E-state index in [0.717, 1.165) is 88.6 Å². The number of rotatable bonds is 6. The molecule has 258 valence electrons. The molecule has 2 heterocycles. The largest absolute Gasteiger partial charge is 0.456 e. The summed E-state index contributed by atoms with van der Waals surface area (Å²) >= 11 is 0. The second kappa shape index (κ2) is 12.6. The van der Waals surface area contributed by atoms with Gasteiger partial charge in [0, 0.05) is 44.0 Å². The number of furan rings is 2. The van der Waals surface area contributed by atoms with E-state index in [1.165, 1.54) is 16.5 Å². The third-order valence-electron chi connectivity index (χ3n) is 10.9. The van der Waals surface area contributed by atoms with E-state index in [9.17, 15) is 0 Å². The van der Waals surface area contributed by atoms with E-state index in [1.807, 2.05) is 18.2 Å². The maximum Gasteiger partial charge on any atom is 0.143 e. The first-order chi connectivity index (χ1) is 27.3. The van der Waals surface area contributed by atoms with E-state index >= 15 is 0 Å². The van der Waals surface area contributed by atoms with Crippen molar-refractivity contribution in [1.82, 2.24) is 0 Å². The van der Waals surface area contributed by atoms with Crippen LogP contribution in [0.1, 0.15) is 0 Å². The molecule has 55 heavy (non-hydrogen) atoms. The highest BCUT2D eigenvalue weighted by molar-refractivity contribution is 6.19. The third-order valence-corrected chi connectivity index (χ3v) is 10.9. The standard InChI is InChI=1S/C52H33NO2/c1-3-12-35(13-4-1)46-33-47-43-31-26-37(32-50(43)55-52(47)44-17-8-7-16-42(44)46)34-22-27-39(28-23-34)53(38-14-5-2-6-15-38)40-29-24-36(25-30-40)41-19-11-21-49-51(41)45-18-9-10-20-48(45)54-49/h1-33H. The van der Waals surface area contributed by atoms with Crippen LogP contribution < -0.4 is 4.90 Å². The molecule has 3 heteroatoms. The highest BCUT2D eigenvalue weighted by Gasteiger charge is 2.18. The SMILES string of the molecule is c1ccc(-c2cc3c4ccc(-c5ccc(N(c6ccccc6)c6ccc(-c7cccc8oc9ccccc9c78)cc6)cc5)cc4oc3c3ccccc23)cc1. The highest BCUT2D eigenvalue weighted by atomic mass is 16.3. The average molecular weight is 704 g/mol. The van der Waals surface area contributed by atoms with Crippen LogP contribution in [0.3, 0.4) is 0 Å². The van der Waals surface area contributed by atoms with Gasteiger partial charge in [-0.3, -0.25) is 0 Å². The molecule has 0 aliphatic rings. The van der Waals surface area contributed by atoms with Crippen molar-refractivity contribution in [3.63, 3.8) is 0 Å². The number of anilines is 3. The first kappa shape index (κ1) is 31.2. The first-order valence-corrected chi connectivity index (χ1v) is 18.7. The Morgan fingerprint density at radius 1 is 0.291 bits per heavy atom. The molecular formula is C52H33NO2. The van der Waals surface area contributed by atoms with Gasteiger partial charge >= 0.3 is 0 Å². The molecule has 2 aromatic heterocycles. The van der Waals surface area contributed by atoms with Gasteiger partial charge in [0.05, 0.1) is 0 Å². The van der Waals surface area contributed by atoms with Gasteiger partial charge < -0.3 is 13.7 Å². The Kier molecular flexibility index (Phi) is 7.17. The third kappa shape index (κ3) is 5.20. The Balaban J connectivity index is 0.959. The van der Waals surface area contributed by atoms with Gasteiger partial charge in [-0.15, -0.1) is 0 Å². The van der Waals surface area contributed by atoms with Gasteiger partial charge in [0.25, 0.3) is 0 Å². The lowest BCUT2D eigenvalue weighted by Crippen LogP contribution is -2.09. The van der Waals surface area contributed by atoms with Gasteiger partial charge in [0.2, 0.25) is 0 Å². The zero-order chi connectivity index (χ0) is 36.3. The maximum atomic E-state index is 6.66. The molecule has 0 amide bonds. The average Bonchev–Trinajstić information content (AvgIpc) is 3.83. The second-order valence-electron chi connectivity index (χ2n) is 14.1. The monoisotopic (exact) mass is 703 g/mol. The Bertz CT molecular complexity index is 3180. The maximum absolute atomic E-state index is 6.66. The predicted molar refractivity (Wildman–Crippen MR) is 229 cm³/mol. The molecule has 0 saturated carbocycles. The van der Waals surface area contributed by atoms with Crippen LogP contribution in [-0.2, 0) is 0 Å². The lowest BCUT2D eigenvalue weighted by Gasteiger charge is -2.26. The minimum Gasteiger partial charge on any atom is -0.456 e. The van der Waals surface area contributed by atoms with Crippen molar-refractivity contribution in [2.24, 2.45) is 0 Å². The number of para-hydroxylation sites is 2. The van der Waals surface area contributed by atoms with Gasteiger partial charge in [0.1, 0.15) is 22.3 Å². The molecule has 0 bridgehead atoms. The van der Waals surface area contributed by atoms with Crippen molar-refractivity contribution in [2.45, 2.75) is 0 Å². The van der Waals surface area contributed by atoms with E-state index in [2.05, 4.69) is 187 Å². The summed E-state index contributed by atoms with van der Waals surface area (Å²) in [5.41, 5.74) is 13.8. The molecule has 11 rings (SSSR count). The van der Waals surface area contributed by atoms with Gasteiger partial charge in [0.15, 0.2) is 0 Å². The lowest BCUT2D eigenvalue weighted by molar-refractivity contribution is 0.669. The van der Waals surface area contributed by atoms with Crippen molar-refractivity contribution < 1.29 is 8.83 Å². The minimum absolute atomic E-state index is 0.886. The van der Waals surface area contributed by atoms with Crippen LogP contribution in [0.15, 0.2) is 209 Å². The molecule has 0 saturated heterocycles. The molecule has 9 aromatic carbocycles. The quantitative estimate of drug-likeness (QED) is 0.173. The summed E-state index contributed by atoms with van der Waals surface area (Å²) in [4.78, 5) is 2.30. The van der Waals surface area contributed by atoms with Crippen molar-refractivity contribution >= 4 is 71.7 Å². The minimum atomic E-state index is 0.886. The van der Waals surface area contributed by atoms with E-state index in [0.29, 0.717) is 0 Å². The summed E-state index contributed by atoms with van der Waals surface area (Å²) in [6.45, 7) is 0. The van der Waals surface area contributed by atoms with Gasteiger partial charge in [-0.25, -0.2) is 0 Å². The molecule has 3 nitrogen and oxygen atoms in total. The number of nitrogens with zero attached hydrogens (tertiary/aromatic N) is 1. The Labute approximate surface area is 317 Å². The van der Waals surface area contributed by atoms with Crippen LogP contribution in [0, 0.1) is 0 Å². The van der Waals surface area contributed by atoms with E-state index in [1.54, 1.807) is 0 Å².